The highest BCUT2D eigenvalue weighted by atomic mass is 79.9. The van der Waals surface area contributed by atoms with Gasteiger partial charge in [-0.2, -0.15) is 0 Å². The Labute approximate surface area is 135 Å². The van der Waals surface area contributed by atoms with E-state index in [4.69, 9.17) is 9.47 Å². The van der Waals surface area contributed by atoms with E-state index in [1.54, 1.807) is 4.90 Å². The second kappa shape index (κ2) is 6.63. The van der Waals surface area contributed by atoms with E-state index in [-0.39, 0.29) is 12.5 Å². The zero-order valence-electron chi connectivity index (χ0n) is 11.3. The van der Waals surface area contributed by atoms with Gasteiger partial charge in [-0.3, -0.25) is 4.79 Å². The van der Waals surface area contributed by atoms with Crippen LogP contribution >= 0.6 is 31.9 Å². The summed E-state index contributed by atoms with van der Waals surface area (Å²) in [5.41, 5.74) is 0. The summed E-state index contributed by atoms with van der Waals surface area (Å²) in [4.78, 5) is 13.7. The number of hydrogen-bond donors (Lipinski definition) is 0. The van der Waals surface area contributed by atoms with Gasteiger partial charge in [-0.25, -0.2) is 0 Å². The van der Waals surface area contributed by atoms with Crippen molar-refractivity contribution >= 4 is 37.8 Å². The number of benzene rings is 1. The largest absolute Gasteiger partial charge is 0.482 e. The summed E-state index contributed by atoms with van der Waals surface area (Å²) in [7, 11) is 0. The van der Waals surface area contributed by atoms with Gasteiger partial charge < -0.3 is 14.4 Å². The van der Waals surface area contributed by atoms with Crippen LogP contribution in [0.2, 0.25) is 0 Å². The molecule has 0 saturated heterocycles. The fourth-order valence-corrected chi connectivity index (χ4v) is 2.50. The monoisotopic (exact) mass is 403 g/mol. The molecule has 1 aliphatic heterocycles. The molecule has 0 unspecified atom stereocenters. The number of nitrogens with zero attached hydrogens (tertiary/aromatic N) is 1. The van der Waals surface area contributed by atoms with Gasteiger partial charge in [0.25, 0.3) is 0 Å². The molecule has 0 saturated carbocycles. The van der Waals surface area contributed by atoms with Crippen LogP contribution in [0.15, 0.2) is 32.9 Å². The fourth-order valence-electron chi connectivity index (χ4n) is 1.86. The Morgan fingerprint density at radius 2 is 1.85 bits per heavy atom. The Morgan fingerprint density at radius 1 is 1.25 bits per heavy atom. The number of rotatable bonds is 3. The van der Waals surface area contributed by atoms with Gasteiger partial charge in [0.2, 0.25) is 5.91 Å². The fraction of sp³-hybridized carbons (Fsp3) is 0.357. The number of amides is 1. The molecule has 0 fully saturated rings. The zero-order valence-corrected chi connectivity index (χ0v) is 14.5. The average molecular weight is 405 g/mol. The lowest BCUT2D eigenvalue weighted by molar-refractivity contribution is -0.125. The molecule has 0 N–H and O–H groups in total. The van der Waals surface area contributed by atoms with Crippen LogP contribution in [0, 0.1) is 0 Å². The summed E-state index contributed by atoms with van der Waals surface area (Å²) in [6.07, 6.45) is 1.49. The molecule has 1 aromatic carbocycles. The van der Waals surface area contributed by atoms with E-state index < -0.39 is 0 Å². The van der Waals surface area contributed by atoms with Crippen molar-refractivity contribution < 1.29 is 14.3 Å². The first-order valence-electron chi connectivity index (χ1n) is 6.34. The molecular formula is C14H15Br2NO3. The van der Waals surface area contributed by atoms with E-state index in [0.29, 0.717) is 30.3 Å². The second-order valence-corrected chi connectivity index (χ2v) is 5.93. The summed E-state index contributed by atoms with van der Waals surface area (Å²) in [6, 6.07) is 3.65. The molecule has 6 heteroatoms. The van der Waals surface area contributed by atoms with E-state index in [0.717, 1.165) is 8.95 Å². The lowest BCUT2D eigenvalue weighted by Gasteiger charge is -2.22. The summed E-state index contributed by atoms with van der Waals surface area (Å²) >= 11 is 6.82. The average Bonchev–Trinajstić information content (AvgIpc) is 2.42. The highest BCUT2D eigenvalue weighted by Gasteiger charge is 2.19. The normalized spacial score (nSPS) is 15.3. The molecule has 2 rings (SSSR count). The highest BCUT2D eigenvalue weighted by Crippen LogP contribution is 2.39. The van der Waals surface area contributed by atoms with Crippen molar-refractivity contribution in [2.45, 2.75) is 13.8 Å². The Bertz CT molecular complexity index is 554. The SMILES string of the molecule is CCN(CC)C(=O)/C=C1/COc2cc(Br)c(Br)cc2O1. The molecule has 0 bridgehead atoms. The van der Waals surface area contributed by atoms with Crippen molar-refractivity contribution in [3.8, 4) is 11.5 Å². The van der Waals surface area contributed by atoms with E-state index >= 15 is 0 Å². The lowest BCUT2D eigenvalue weighted by Crippen LogP contribution is -2.30. The number of hydrogen-bond acceptors (Lipinski definition) is 3. The number of halogens is 2. The summed E-state index contributed by atoms with van der Waals surface area (Å²) in [5.74, 6) is 1.72. The lowest BCUT2D eigenvalue weighted by atomic mass is 10.3. The molecule has 108 valence electrons. The number of carbonyl (C=O) groups excluding carboxylic acids is 1. The molecule has 20 heavy (non-hydrogen) atoms. The molecular weight excluding hydrogens is 390 g/mol. The van der Waals surface area contributed by atoms with Gasteiger partial charge in [0.1, 0.15) is 12.4 Å². The van der Waals surface area contributed by atoms with Crippen molar-refractivity contribution in [3.05, 3.63) is 32.9 Å². The zero-order chi connectivity index (χ0) is 14.7. The van der Waals surface area contributed by atoms with Crippen molar-refractivity contribution in [3.63, 3.8) is 0 Å². The summed E-state index contributed by atoms with van der Waals surface area (Å²) < 4.78 is 13.1. The number of fused-ring (bicyclic) bond motifs is 1. The van der Waals surface area contributed by atoms with E-state index in [2.05, 4.69) is 31.9 Å². The maximum atomic E-state index is 12.0. The van der Waals surface area contributed by atoms with Gasteiger partial charge in [0, 0.05) is 28.1 Å². The first-order valence-corrected chi connectivity index (χ1v) is 7.93. The highest BCUT2D eigenvalue weighted by molar-refractivity contribution is 9.13. The van der Waals surface area contributed by atoms with Gasteiger partial charge in [-0.15, -0.1) is 0 Å². The van der Waals surface area contributed by atoms with Crippen LogP contribution < -0.4 is 9.47 Å². The maximum absolute atomic E-state index is 12.0. The molecule has 0 aromatic heterocycles. The van der Waals surface area contributed by atoms with Crippen molar-refractivity contribution in [1.82, 2.24) is 4.90 Å². The predicted octanol–water partition coefficient (Wildman–Crippen LogP) is 3.74. The number of ether oxygens (including phenoxy) is 2. The van der Waals surface area contributed by atoms with E-state index in [1.807, 2.05) is 26.0 Å². The number of likely N-dealkylation sites (N-methyl/N-ethyl adjacent to an activating group) is 1. The minimum atomic E-state index is -0.0618. The van der Waals surface area contributed by atoms with Crippen molar-refractivity contribution in [1.29, 1.82) is 0 Å². The Balaban J connectivity index is 2.18. The predicted molar refractivity (Wildman–Crippen MR) is 84.0 cm³/mol. The molecule has 0 spiro atoms. The smallest absolute Gasteiger partial charge is 0.250 e. The standard InChI is InChI=1S/C14H15Br2NO3/c1-3-17(4-2)14(18)5-9-8-19-12-6-10(15)11(16)7-13(12)20-9/h5-7H,3-4,8H2,1-2H3/b9-5-. The molecule has 0 atom stereocenters. The van der Waals surface area contributed by atoms with Gasteiger partial charge in [0.15, 0.2) is 11.5 Å². The molecule has 1 aromatic rings. The van der Waals surface area contributed by atoms with Gasteiger partial charge in [-0.1, -0.05) is 0 Å². The van der Waals surface area contributed by atoms with Crippen LogP contribution in [0.5, 0.6) is 11.5 Å². The Kier molecular flexibility index (Phi) is 5.10. The molecule has 1 aliphatic rings. The summed E-state index contributed by atoms with van der Waals surface area (Å²) in [5, 5.41) is 0. The molecule has 1 amide bonds. The first-order chi connectivity index (χ1) is 9.55. The van der Waals surface area contributed by atoms with E-state index in [9.17, 15) is 4.79 Å². The molecule has 0 aliphatic carbocycles. The third kappa shape index (κ3) is 3.35. The van der Waals surface area contributed by atoms with Crippen LogP contribution in [0.3, 0.4) is 0 Å². The quantitative estimate of drug-likeness (QED) is 0.720. The second-order valence-electron chi connectivity index (χ2n) is 4.22. The van der Waals surface area contributed by atoms with Gasteiger partial charge in [0.05, 0.1) is 0 Å². The van der Waals surface area contributed by atoms with Crippen LogP contribution in [0.25, 0.3) is 0 Å². The minimum Gasteiger partial charge on any atom is -0.482 e. The van der Waals surface area contributed by atoms with Crippen LogP contribution in [-0.2, 0) is 4.79 Å². The molecule has 0 radical (unpaired) electrons. The Hall–Kier alpha value is -1.01. The van der Waals surface area contributed by atoms with Crippen molar-refractivity contribution in [2.75, 3.05) is 19.7 Å². The number of carbonyl (C=O) groups is 1. The Morgan fingerprint density at radius 3 is 2.45 bits per heavy atom. The van der Waals surface area contributed by atoms with Crippen molar-refractivity contribution in [2.24, 2.45) is 0 Å². The van der Waals surface area contributed by atoms with Crippen LogP contribution in [0.1, 0.15) is 13.8 Å². The molecule has 1 heterocycles. The first kappa shape index (κ1) is 15.4. The van der Waals surface area contributed by atoms with Gasteiger partial charge >= 0.3 is 0 Å². The topological polar surface area (TPSA) is 38.8 Å². The third-order valence-corrected chi connectivity index (χ3v) is 4.80. The third-order valence-electron chi connectivity index (χ3n) is 2.96. The van der Waals surface area contributed by atoms with E-state index in [1.165, 1.54) is 6.08 Å². The molecule has 4 nitrogen and oxygen atoms in total. The van der Waals surface area contributed by atoms with Crippen LogP contribution in [0.4, 0.5) is 0 Å². The maximum Gasteiger partial charge on any atom is 0.250 e. The van der Waals surface area contributed by atoms with Gasteiger partial charge in [-0.05, 0) is 57.8 Å². The summed E-state index contributed by atoms with van der Waals surface area (Å²) in [6.45, 7) is 5.50. The van der Waals surface area contributed by atoms with Crippen LogP contribution in [-0.4, -0.2) is 30.5 Å². The minimum absolute atomic E-state index is 0.0618.